The van der Waals surface area contributed by atoms with Gasteiger partial charge in [-0.05, 0) is 42.7 Å². The molecule has 1 N–H and O–H groups in total. The summed E-state index contributed by atoms with van der Waals surface area (Å²) >= 11 is 1.74. The predicted octanol–water partition coefficient (Wildman–Crippen LogP) is 3.97. The van der Waals surface area contributed by atoms with Gasteiger partial charge in [-0.1, -0.05) is 26.0 Å². The van der Waals surface area contributed by atoms with Gasteiger partial charge in [0.2, 0.25) is 5.91 Å². The van der Waals surface area contributed by atoms with Crippen LogP contribution in [-0.4, -0.2) is 41.9 Å². The van der Waals surface area contributed by atoms with E-state index in [1.54, 1.807) is 11.8 Å². The Balaban J connectivity index is 1.88. The summed E-state index contributed by atoms with van der Waals surface area (Å²) in [6.45, 7) is 6.17. The molecular formula is C18H28N2OS. The number of nitrogens with zero attached hydrogens (tertiary/aromatic N) is 1. The molecule has 4 heteroatoms. The Morgan fingerprint density at radius 1 is 1.36 bits per heavy atom. The van der Waals surface area contributed by atoms with E-state index in [-0.39, 0.29) is 0 Å². The van der Waals surface area contributed by atoms with Crippen LogP contribution in [0.25, 0.3) is 0 Å². The SMILES string of the molecule is CSCCC(=O)N1CCC[C@H](Nc2ccc(C(C)C)cc2)C1. The highest BCUT2D eigenvalue weighted by molar-refractivity contribution is 7.98. The first-order chi connectivity index (χ1) is 10.6. The van der Waals surface area contributed by atoms with Gasteiger partial charge < -0.3 is 10.2 Å². The van der Waals surface area contributed by atoms with Crippen LogP contribution in [-0.2, 0) is 4.79 Å². The lowest BCUT2D eigenvalue weighted by atomic mass is 10.0. The molecule has 0 radical (unpaired) electrons. The number of nitrogens with one attached hydrogen (secondary N) is 1. The Morgan fingerprint density at radius 2 is 2.09 bits per heavy atom. The van der Waals surface area contributed by atoms with Gasteiger partial charge in [0.05, 0.1) is 0 Å². The summed E-state index contributed by atoms with van der Waals surface area (Å²) in [6.07, 6.45) is 4.94. The third kappa shape index (κ3) is 4.94. The van der Waals surface area contributed by atoms with Gasteiger partial charge in [-0.15, -0.1) is 0 Å². The van der Waals surface area contributed by atoms with Crippen molar-refractivity contribution in [2.45, 2.75) is 45.1 Å². The average Bonchev–Trinajstić information content (AvgIpc) is 2.53. The molecule has 1 heterocycles. The van der Waals surface area contributed by atoms with Gasteiger partial charge in [-0.2, -0.15) is 11.8 Å². The molecule has 3 nitrogen and oxygen atoms in total. The fourth-order valence-corrected chi connectivity index (χ4v) is 3.25. The number of thioether (sulfide) groups is 1. The fourth-order valence-electron chi connectivity index (χ4n) is 2.87. The van der Waals surface area contributed by atoms with Gasteiger partial charge in [0, 0.05) is 37.0 Å². The molecule has 0 saturated carbocycles. The smallest absolute Gasteiger partial charge is 0.223 e. The molecule has 1 fully saturated rings. The fraction of sp³-hybridized carbons (Fsp3) is 0.611. The van der Waals surface area contributed by atoms with E-state index in [1.165, 1.54) is 5.56 Å². The Bertz CT molecular complexity index is 472. The first-order valence-electron chi connectivity index (χ1n) is 8.23. The van der Waals surface area contributed by atoms with Crippen LogP contribution < -0.4 is 5.32 Å². The van der Waals surface area contributed by atoms with Crippen molar-refractivity contribution in [2.75, 3.05) is 30.4 Å². The van der Waals surface area contributed by atoms with Crippen molar-refractivity contribution < 1.29 is 4.79 Å². The summed E-state index contributed by atoms with van der Waals surface area (Å²) in [7, 11) is 0. The molecule has 0 bridgehead atoms. The predicted molar refractivity (Wildman–Crippen MR) is 96.8 cm³/mol. The van der Waals surface area contributed by atoms with E-state index in [9.17, 15) is 4.79 Å². The first-order valence-corrected chi connectivity index (χ1v) is 9.62. The minimum atomic E-state index is 0.302. The second-order valence-corrected chi connectivity index (χ2v) is 7.33. The normalized spacial score (nSPS) is 18.5. The molecule has 1 aromatic carbocycles. The molecule has 1 amide bonds. The average molecular weight is 321 g/mol. The van der Waals surface area contributed by atoms with Crippen LogP contribution in [0.5, 0.6) is 0 Å². The van der Waals surface area contributed by atoms with Crippen molar-refractivity contribution in [2.24, 2.45) is 0 Å². The van der Waals surface area contributed by atoms with Gasteiger partial charge in [0.15, 0.2) is 0 Å². The number of hydrogen-bond acceptors (Lipinski definition) is 3. The number of piperidine rings is 1. The molecular weight excluding hydrogens is 292 g/mol. The summed E-state index contributed by atoms with van der Waals surface area (Å²) in [6, 6.07) is 9.07. The van der Waals surface area contributed by atoms with Crippen LogP contribution in [0.15, 0.2) is 24.3 Å². The van der Waals surface area contributed by atoms with Crippen LogP contribution in [0.4, 0.5) is 5.69 Å². The second-order valence-electron chi connectivity index (χ2n) is 6.34. The van der Waals surface area contributed by atoms with Crippen molar-refractivity contribution in [1.82, 2.24) is 4.90 Å². The molecule has 2 rings (SSSR count). The van der Waals surface area contributed by atoms with Gasteiger partial charge in [0.1, 0.15) is 0 Å². The topological polar surface area (TPSA) is 32.3 Å². The zero-order chi connectivity index (χ0) is 15.9. The maximum atomic E-state index is 12.2. The third-order valence-corrected chi connectivity index (χ3v) is 4.85. The van der Waals surface area contributed by atoms with Crippen molar-refractivity contribution in [3.63, 3.8) is 0 Å². The van der Waals surface area contributed by atoms with Crippen LogP contribution in [0, 0.1) is 0 Å². The lowest BCUT2D eigenvalue weighted by Gasteiger charge is -2.34. The second kappa shape index (κ2) is 8.47. The minimum absolute atomic E-state index is 0.302. The number of anilines is 1. The Morgan fingerprint density at radius 3 is 2.73 bits per heavy atom. The Labute approximate surface area is 138 Å². The van der Waals surface area contributed by atoms with Crippen LogP contribution in [0.3, 0.4) is 0 Å². The number of rotatable bonds is 6. The number of carbonyl (C=O) groups excluding carboxylic acids is 1. The van der Waals surface area contributed by atoms with Crippen LogP contribution in [0.2, 0.25) is 0 Å². The van der Waals surface area contributed by atoms with Crippen molar-refractivity contribution in [3.05, 3.63) is 29.8 Å². The van der Waals surface area contributed by atoms with Gasteiger partial charge in [-0.3, -0.25) is 4.79 Å². The minimum Gasteiger partial charge on any atom is -0.381 e. The van der Waals surface area contributed by atoms with Crippen molar-refractivity contribution >= 4 is 23.4 Å². The summed E-state index contributed by atoms with van der Waals surface area (Å²) < 4.78 is 0. The highest BCUT2D eigenvalue weighted by Gasteiger charge is 2.23. The highest BCUT2D eigenvalue weighted by atomic mass is 32.2. The quantitative estimate of drug-likeness (QED) is 0.861. The van der Waals surface area contributed by atoms with Gasteiger partial charge in [-0.25, -0.2) is 0 Å². The van der Waals surface area contributed by atoms with Crippen LogP contribution >= 0.6 is 11.8 Å². The number of likely N-dealkylation sites (tertiary alicyclic amines) is 1. The number of carbonyl (C=O) groups is 1. The van der Waals surface area contributed by atoms with Gasteiger partial charge >= 0.3 is 0 Å². The standard InChI is InChI=1S/C18H28N2OS/c1-14(2)15-6-8-16(9-7-15)19-17-5-4-11-20(13-17)18(21)10-12-22-3/h6-9,14,17,19H,4-5,10-13H2,1-3H3/t17-/m0/s1. The molecule has 22 heavy (non-hydrogen) atoms. The zero-order valence-corrected chi connectivity index (χ0v) is 14.8. The maximum absolute atomic E-state index is 12.2. The molecule has 0 unspecified atom stereocenters. The first kappa shape index (κ1) is 17.2. The number of benzene rings is 1. The molecule has 1 aliphatic rings. The summed E-state index contributed by atoms with van der Waals surface area (Å²) in [5.74, 6) is 1.79. The van der Waals surface area contributed by atoms with E-state index in [2.05, 4.69) is 49.7 Å². The van der Waals surface area contributed by atoms with E-state index in [1.807, 2.05) is 4.90 Å². The molecule has 0 aromatic heterocycles. The largest absolute Gasteiger partial charge is 0.381 e. The summed E-state index contributed by atoms with van der Waals surface area (Å²) in [4.78, 5) is 14.2. The molecule has 1 aromatic rings. The number of hydrogen-bond donors (Lipinski definition) is 1. The van der Waals surface area contributed by atoms with E-state index in [0.717, 1.165) is 37.4 Å². The summed E-state index contributed by atoms with van der Waals surface area (Å²) in [5.41, 5.74) is 2.52. The van der Waals surface area contributed by atoms with Crippen molar-refractivity contribution in [3.8, 4) is 0 Å². The lowest BCUT2D eigenvalue weighted by Crippen LogP contribution is -2.45. The third-order valence-electron chi connectivity index (χ3n) is 4.24. The lowest BCUT2D eigenvalue weighted by molar-refractivity contribution is -0.131. The number of amides is 1. The molecule has 1 atom stereocenters. The molecule has 1 aliphatic heterocycles. The maximum Gasteiger partial charge on any atom is 0.223 e. The molecule has 0 spiro atoms. The Kier molecular flexibility index (Phi) is 6.62. The van der Waals surface area contributed by atoms with Crippen molar-refractivity contribution in [1.29, 1.82) is 0 Å². The molecule has 0 aliphatic carbocycles. The summed E-state index contributed by atoms with van der Waals surface area (Å²) in [5, 5.41) is 3.59. The molecule has 1 saturated heterocycles. The monoisotopic (exact) mass is 320 g/mol. The molecule has 122 valence electrons. The van der Waals surface area contributed by atoms with Gasteiger partial charge in [0.25, 0.3) is 0 Å². The van der Waals surface area contributed by atoms with E-state index < -0.39 is 0 Å². The highest BCUT2D eigenvalue weighted by Crippen LogP contribution is 2.20. The zero-order valence-electron chi connectivity index (χ0n) is 14.0. The van der Waals surface area contributed by atoms with E-state index >= 15 is 0 Å². The van der Waals surface area contributed by atoms with E-state index in [4.69, 9.17) is 0 Å². The van der Waals surface area contributed by atoms with E-state index in [0.29, 0.717) is 24.3 Å². The Hall–Kier alpha value is -1.16. The van der Waals surface area contributed by atoms with Crippen LogP contribution in [0.1, 0.15) is 44.6 Å².